The quantitative estimate of drug-likeness (QED) is 0.806. The molecule has 3 rings (SSSR count). The number of hydrogen-bond acceptors (Lipinski definition) is 5. The van der Waals surface area contributed by atoms with Crippen molar-refractivity contribution in [1.29, 1.82) is 0 Å². The number of nitrogens with one attached hydrogen (secondary N) is 1. The van der Waals surface area contributed by atoms with Gasteiger partial charge in [0.15, 0.2) is 0 Å². The van der Waals surface area contributed by atoms with Crippen LogP contribution in [0.1, 0.15) is 30.1 Å². The van der Waals surface area contributed by atoms with Gasteiger partial charge in [-0.05, 0) is 30.7 Å². The summed E-state index contributed by atoms with van der Waals surface area (Å²) in [4.78, 5) is 25.0. The lowest BCUT2D eigenvalue weighted by Gasteiger charge is -2.36. The van der Waals surface area contributed by atoms with E-state index in [2.05, 4.69) is 27.1 Å². The van der Waals surface area contributed by atoms with E-state index in [4.69, 9.17) is 0 Å². The van der Waals surface area contributed by atoms with Gasteiger partial charge in [-0.15, -0.1) is 0 Å². The Balaban J connectivity index is 1.53. The van der Waals surface area contributed by atoms with Crippen LogP contribution < -0.4 is 10.2 Å². The fourth-order valence-electron chi connectivity index (χ4n) is 2.91. The number of anilines is 2. The topological polar surface area (TPSA) is 61.4 Å². The minimum Gasteiger partial charge on any atom is -0.368 e. The zero-order valence-electron chi connectivity index (χ0n) is 15.0. The van der Waals surface area contributed by atoms with Crippen molar-refractivity contribution in [2.45, 2.75) is 19.8 Å². The van der Waals surface area contributed by atoms with E-state index in [-0.39, 0.29) is 11.7 Å². The second kappa shape index (κ2) is 8.60. The number of rotatable bonds is 6. The number of piperazine rings is 1. The van der Waals surface area contributed by atoms with Crippen LogP contribution in [0.5, 0.6) is 0 Å². The van der Waals surface area contributed by atoms with E-state index in [1.807, 2.05) is 4.90 Å². The molecule has 1 N–H and O–H groups in total. The van der Waals surface area contributed by atoms with E-state index < -0.39 is 0 Å². The highest BCUT2D eigenvalue weighted by Crippen LogP contribution is 2.17. The van der Waals surface area contributed by atoms with Gasteiger partial charge in [0.1, 0.15) is 5.82 Å². The molecule has 0 spiro atoms. The van der Waals surface area contributed by atoms with Crippen LogP contribution in [0.25, 0.3) is 0 Å². The van der Waals surface area contributed by atoms with Crippen LogP contribution in [0.15, 0.2) is 36.7 Å². The largest absolute Gasteiger partial charge is 0.368 e. The highest BCUT2D eigenvalue weighted by molar-refractivity contribution is 5.93. The van der Waals surface area contributed by atoms with E-state index in [0.717, 1.165) is 38.2 Å². The number of carbonyl (C=O) groups is 1. The molecule has 6 nitrogen and oxygen atoms in total. The van der Waals surface area contributed by atoms with Crippen LogP contribution in [0.2, 0.25) is 0 Å². The predicted molar refractivity (Wildman–Crippen MR) is 99.9 cm³/mol. The van der Waals surface area contributed by atoms with Crippen molar-refractivity contribution in [3.8, 4) is 0 Å². The monoisotopic (exact) mass is 357 g/mol. The first-order valence-electron chi connectivity index (χ1n) is 9.03. The molecule has 1 aliphatic heterocycles. The number of carbonyl (C=O) groups excluding carboxylic acids is 1. The maximum Gasteiger partial charge on any atom is 0.257 e. The first-order chi connectivity index (χ1) is 12.7. The van der Waals surface area contributed by atoms with Crippen molar-refractivity contribution in [2.75, 3.05) is 42.9 Å². The fraction of sp³-hybridized carbons (Fsp3) is 0.421. The molecule has 0 unspecified atom stereocenters. The molecule has 0 bridgehead atoms. The number of aromatic nitrogens is 2. The first kappa shape index (κ1) is 18.1. The lowest BCUT2D eigenvalue weighted by molar-refractivity contribution is 0.0746. The Bertz CT molecular complexity index is 712. The fourth-order valence-corrected chi connectivity index (χ4v) is 2.91. The Morgan fingerprint density at radius 1 is 1.12 bits per heavy atom. The van der Waals surface area contributed by atoms with E-state index in [1.165, 1.54) is 12.1 Å². The second-order valence-electron chi connectivity index (χ2n) is 6.33. The molecule has 26 heavy (non-hydrogen) atoms. The third-order valence-electron chi connectivity index (χ3n) is 4.47. The molecule has 1 aromatic carbocycles. The highest BCUT2D eigenvalue weighted by atomic mass is 19.1. The lowest BCUT2D eigenvalue weighted by atomic mass is 10.2. The summed E-state index contributed by atoms with van der Waals surface area (Å²) in [5.41, 5.74) is 1.48. The smallest absolute Gasteiger partial charge is 0.257 e. The van der Waals surface area contributed by atoms with Crippen molar-refractivity contribution in [2.24, 2.45) is 0 Å². The molecule has 138 valence electrons. The van der Waals surface area contributed by atoms with Gasteiger partial charge >= 0.3 is 0 Å². The predicted octanol–water partition coefficient (Wildman–Crippen LogP) is 2.79. The van der Waals surface area contributed by atoms with Gasteiger partial charge in [0.2, 0.25) is 5.95 Å². The van der Waals surface area contributed by atoms with Crippen molar-refractivity contribution < 1.29 is 9.18 Å². The molecular formula is C19H24FN5O. The Morgan fingerprint density at radius 3 is 2.38 bits per heavy atom. The maximum atomic E-state index is 13.0. The molecular weight excluding hydrogens is 333 g/mol. The second-order valence-corrected chi connectivity index (χ2v) is 6.33. The van der Waals surface area contributed by atoms with Crippen LogP contribution in [0.3, 0.4) is 0 Å². The van der Waals surface area contributed by atoms with E-state index >= 15 is 0 Å². The molecule has 0 saturated carbocycles. The number of amides is 1. The standard InChI is InChI=1S/C19H24FN5O/c1-2-3-8-21-19-22-13-15(14-23-19)18(26)25-11-9-24(10-12-25)17-6-4-16(20)5-7-17/h4-7,13-14H,2-3,8-12H2,1H3,(H,21,22,23). The van der Waals surface area contributed by atoms with Gasteiger partial charge in [-0.2, -0.15) is 0 Å². The zero-order chi connectivity index (χ0) is 18.4. The molecule has 1 amide bonds. The summed E-state index contributed by atoms with van der Waals surface area (Å²) in [6, 6.07) is 6.45. The summed E-state index contributed by atoms with van der Waals surface area (Å²) >= 11 is 0. The number of unbranched alkanes of at least 4 members (excludes halogenated alkanes) is 1. The highest BCUT2D eigenvalue weighted by Gasteiger charge is 2.22. The summed E-state index contributed by atoms with van der Waals surface area (Å²) in [7, 11) is 0. The molecule has 0 aliphatic carbocycles. The van der Waals surface area contributed by atoms with Gasteiger partial charge in [0.25, 0.3) is 5.91 Å². The summed E-state index contributed by atoms with van der Waals surface area (Å²) in [6.45, 7) is 5.62. The van der Waals surface area contributed by atoms with Crippen molar-refractivity contribution in [3.63, 3.8) is 0 Å². The zero-order valence-corrected chi connectivity index (χ0v) is 15.0. The number of nitrogens with zero attached hydrogens (tertiary/aromatic N) is 4. The Morgan fingerprint density at radius 2 is 1.77 bits per heavy atom. The Hall–Kier alpha value is -2.70. The number of hydrogen-bond donors (Lipinski definition) is 1. The molecule has 7 heteroatoms. The molecule has 1 aliphatic rings. The average Bonchev–Trinajstić information content (AvgIpc) is 2.69. The van der Waals surface area contributed by atoms with E-state index in [1.54, 1.807) is 24.5 Å². The molecule has 2 heterocycles. The average molecular weight is 357 g/mol. The van der Waals surface area contributed by atoms with Gasteiger partial charge in [-0.3, -0.25) is 4.79 Å². The SMILES string of the molecule is CCCCNc1ncc(C(=O)N2CCN(c3ccc(F)cc3)CC2)cn1. The van der Waals surface area contributed by atoms with E-state index in [9.17, 15) is 9.18 Å². The van der Waals surface area contributed by atoms with Crippen LogP contribution in [0, 0.1) is 5.82 Å². The molecule has 0 atom stereocenters. The summed E-state index contributed by atoms with van der Waals surface area (Å²) < 4.78 is 13.0. The normalized spacial score (nSPS) is 14.4. The molecule has 2 aromatic rings. The van der Waals surface area contributed by atoms with Crippen molar-refractivity contribution >= 4 is 17.5 Å². The molecule has 1 aromatic heterocycles. The Kier molecular flexibility index (Phi) is 5.99. The summed E-state index contributed by atoms with van der Waals surface area (Å²) in [5, 5.41) is 3.14. The third kappa shape index (κ3) is 4.47. The van der Waals surface area contributed by atoms with Gasteiger partial charge < -0.3 is 15.1 Å². The van der Waals surface area contributed by atoms with Crippen LogP contribution in [-0.2, 0) is 0 Å². The van der Waals surface area contributed by atoms with Crippen LogP contribution in [-0.4, -0.2) is 53.5 Å². The van der Waals surface area contributed by atoms with Crippen LogP contribution in [0.4, 0.5) is 16.0 Å². The summed E-state index contributed by atoms with van der Waals surface area (Å²) in [6.07, 6.45) is 5.32. The third-order valence-corrected chi connectivity index (χ3v) is 4.47. The molecule has 0 radical (unpaired) electrons. The Labute approximate surface area is 153 Å². The van der Waals surface area contributed by atoms with Gasteiger partial charge in [0, 0.05) is 50.8 Å². The number of benzene rings is 1. The first-order valence-corrected chi connectivity index (χ1v) is 9.03. The minimum atomic E-state index is -0.241. The van der Waals surface area contributed by atoms with Gasteiger partial charge in [-0.1, -0.05) is 13.3 Å². The maximum absolute atomic E-state index is 13.0. The van der Waals surface area contributed by atoms with Gasteiger partial charge in [0.05, 0.1) is 5.56 Å². The van der Waals surface area contributed by atoms with Crippen molar-refractivity contribution in [1.82, 2.24) is 14.9 Å². The van der Waals surface area contributed by atoms with E-state index in [0.29, 0.717) is 24.6 Å². The minimum absolute atomic E-state index is 0.0520. The lowest BCUT2D eigenvalue weighted by Crippen LogP contribution is -2.48. The molecule has 1 saturated heterocycles. The number of halogens is 1. The van der Waals surface area contributed by atoms with Gasteiger partial charge in [-0.25, -0.2) is 14.4 Å². The summed E-state index contributed by atoms with van der Waals surface area (Å²) in [5.74, 6) is 0.259. The van der Waals surface area contributed by atoms with Crippen molar-refractivity contribution in [3.05, 3.63) is 48.0 Å². The van der Waals surface area contributed by atoms with Crippen LogP contribution >= 0.6 is 0 Å². The molecule has 1 fully saturated rings.